The molecule has 136 heavy (non-hydrogen) atoms. The van der Waals surface area contributed by atoms with Crippen LogP contribution < -0.4 is 42.6 Å². The zero-order chi connectivity index (χ0) is 97.1. The third-order valence-electron chi connectivity index (χ3n) is 28.4. The summed E-state index contributed by atoms with van der Waals surface area (Å²) in [5.74, 6) is 7.30. The molecule has 794 valence electrons. The average molecular weight is 1920 g/mol. The van der Waals surface area contributed by atoms with Crippen molar-refractivity contribution in [3.63, 3.8) is 0 Å². The van der Waals surface area contributed by atoms with Gasteiger partial charge < -0.3 is 42.6 Å². The van der Waals surface area contributed by atoms with Gasteiger partial charge in [0.25, 0.3) is 14.7 Å². The average Bonchev–Trinajstić information content (AvgIpc) is 0.739. The quantitative estimate of drug-likeness (QED) is 0.0405. The largest absolute Gasteiger partial charge is 0.493 e. The summed E-state index contributed by atoms with van der Waals surface area (Å²) in [4.78, 5) is 2.97. The highest BCUT2D eigenvalue weighted by Gasteiger charge is 2.48. The van der Waals surface area contributed by atoms with Crippen molar-refractivity contribution >= 4 is 10.9 Å². The van der Waals surface area contributed by atoms with Gasteiger partial charge in [-0.25, -0.2) is 0 Å². The van der Waals surface area contributed by atoms with E-state index in [1.807, 2.05) is 0 Å². The molecule has 0 N–H and O–H groups in total. The third kappa shape index (κ3) is 72.5. The Morgan fingerprint density at radius 1 is 0.118 bits per heavy atom. The van der Waals surface area contributed by atoms with Crippen LogP contribution in [0.15, 0.2) is 51.1 Å². The first kappa shape index (κ1) is 126. The molecule has 0 amide bonds. The summed E-state index contributed by atoms with van der Waals surface area (Å²) in [6, 6.07) is 13.7. The van der Waals surface area contributed by atoms with Crippen LogP contribution in [0.3, 0.4) is 0 Å². The van der Waals surface area contributed by atoms with Gasteiger partial charge in [-0.3, -0.25) is 0 Å². The van der Waals surface area contributed by atoms with E-state index in [2.05, 4.69) is 98.7 Å². The van der Waals surface area contributed by atoms with Crippen LogP contribution in [0.2, 0.25) is 0 Å². The molecule has 0 aliphatic rings. The molecule has 0 radical (unpaired) electrons. The van der Waals surface area contributed by atoms with E-state index in [0.717, 1.165) is 182 Å². The Bertz CT molecular complexity index is 2500. The lowest BCUT2D eigenvalue weighted by Crippen LogP contribution is -2.18. The summed E-state index contributed by atoms with van der Waals surface area (Å²) in [5.41, 5.74) is 0. The van der Waals surface area contributed by atoms with Gasteiger partial charge in [-0.2, -0.15) is 0 Å². The molecule has 3 rings (SSSR count). The second-order valence-corrected chi connectivity index (χ2v) is 43.7. The standard InChI is InChI=1S/C126H231O9S/c1-10-19-28-37-46-55-64-73-82-91-100-127-115-109-118(130-103-94-85-76-67-58-49-40-31-22-13-4)124(119(110-115)131-104-95-86-77-68-59-50-41-32-23-14-5)136(125-120(132-105-96-87-78-69-60-51-42-33-24-15-6)111-116(128-101-92-83-74-65-56-47-38-29-20-11-2)112-121(125)133-106-97-88-79-70-61-52-43-34-25-16-7)126-122(134-107-98-89-80-71-62-53-44-35-26-17-8)113-117(129-102-93-84-75-66-57-48-39-30-21-12-3)114-123(126)135-108-99-90-81-72-63-54-45-36-27-18-9/h109-114H,10-108H2,1-9H3/q+1. The molecule has 0 spiro atoms. The van der Waals surface area contributed by atoms with E-state index in [4.69, 9.17) is 42.6 Å². The van der Waals surface area contributed by atoms with Gasteiger partial charge in [0.15, 0.2) is 34.5 Å². The molecular weight excluding hydrogens is 1690 g/mol. The van der Waals surface area contributed by atoms with Crippen molar-refractivity contribution in [3.05, 3.63) is 36.4 Å². The number of benzene rings is 3. The Labute approximate surface area is 850 Å². The molecule has 10 heteroatoms. The Balaban J connectivity index is 2.73. The first-order chi connectivity index (χ1) is 67.4. The molecule has 0 saturated heterocycles. The molecule has 0 unspecified atom stereocenters. The molecule has 3 aromatic rings. The normalized spacial score (nSPS) is 11.6. The van der Waals surface area contributed by atoms with E-state index in [-0.39, 0.29) is 0 Å². The third-order valence-corrected chi connectivity index (χ3v) is 30.9. The maximum absolute atomic E-state index is 7.80. The summed E-state index contributed by atoms with van der Waals surface area (Å²) in [7, 11) is -1.16. The molecule has 0 aliphatic carbocycles. The minimum absolute atomic E-state index is 0.576. The first-order valence-corrected chi connectivity index (χ1v) is 62.6. The zero-order valence-electron chi connectivity index (χ0n) is 92.6. The van der Waals surface area contributed by atoms with E-state index in [9.17, 15) is 0 Å². The van der Waals surface area contributed by atoms with Crippen LogP contribution in [0.4, 0.5) is 0 Å². The smallest absolute Gasteiger partial charge is 0.250 e. The van der Waals surface area contributed by atoms with E-state index in [1.54, 1.807) is 0 Å². The number of ether oxygens (including phenoxy) is 9. The SMILES string of the molecule is CCCCCCCCCCCCOc1cc(OCCCCCCCCCCCC)c([S+](c2c(OCCCCCCCCCCCC)cc(OCCCCCCCCCCCC)cc2OCCCCCCCCCCCC)c2c(OCCCCCCCCCCCC)cc(OCCCCCCCCCCCC)cc2OCCCCCCCCCCCC)c(OCCCCCCCCCCCC)c1. The second-order valence-electron chi connectivity index (χ2n) is 41.8. The zero-order valence-corrected chi connectivity index (χ0v) is 93.4. The van der Waals surface area contributed by atoms with E-state index < -0.39 is 10.9 Å². The number of unbranched alkanes of at least 4 members (excludes halogenated alkanes) is 81. The van der Waals surface area contributed by atoms with Gasteiger partial charge in [-0.15, -0.1) is 0 Å². The van der Waals surface area contributed by atoms with Crippen LogP contribution in [0.1, 0.15) is 640 Å². The van der Waals surface area contributed by atoms with Gasteiger partial charge >= 0.3 is 0 Å². The lowest BCUT2D eigenvalue weighted by atomic mass is 10.1. The summed E-state index contributed by atoms with van der Waals surface area (Å²) < 4.78 is 68.5. The van der Waals surface area contributed by atoms with Crippen molar-refractivity contribution < 1.29 is 42.6 Å². The van der Waals surface area contributed by atoms with Crippen LogP contribution >= 0.6 is 0 Å². The molecule has 0 aliphatic heterocycles. The Morgan fingerprint density at radius 2 is 0.206 bits per heavy atom. The lowest BCUT2D eigenvalue weighted by Gasteiger charge is -2.24. The maximum Gasteiger partial charge on any atom is 0.250 e. The summed E-state index contributed by atoms with van der Waals surface area (Å²) in [5, 5.41) is 0. The highest BCUT2D eigenvalue weighted by molar-refractivity contribution is 7.97. The molecule has 0 heterocycles. The summed E-state index contributed by atoms with van der Waals surface area (Å²) in [6.45, 7) is 26.3. The van der Waals surface area contributed by atoms with E-state index in [1.165, 1.54) is 462 Å². The number of hydrogen-bond donors (Lipinski definition) is 0. The monoisotopic (exact) mass is 1920 g/mol. The van der Waals surface area contributed by atoms with Crippen molar-refractivity contribution in [3.8, 4) is 51.7 Å². The molecular formula is C126H231O9S+. The van der Waals surface area contributed by atoms with E-state index in [0.29, 0.717) is 59.5 Å². The molecule has 9 nitrogen and oxygen atoms in total. The molecule has 3 aromatic carbocycles. The fourth-order valence-corrected chi connectivity index (χ4v) is 22.0. The highest BCUT2D eigenvalue weighted by Crippen LogP contribution is 2.56. The van der Waals surface area contributed by atoms with Gasteiger partial charge in [0.1, 0.15) is 28.1 Å². The Morgan fingerprint density at radius 3 is 0.309 bits per heavy atom. The minimum Gasteiger partial charge on any atom is -0.493 e. The maximum atomic E-state index is 7.80. The second kappa shape index (κ2) is 99.9. The van der Waals surface area contributed by atoms with Crippen molar-refractivity contribution in [2.24, 2.45) is 0 Å². The molecule has 0 aromatic heterocycles. The van der Waals surface area contributed by atoms with Crippen molar-refractivity contribution in [2.45, 2.75) is 655 Å². The van der Waals surface area contributed by atoms with E-state index >= 15 is 0 Å². The fourth-order valence-electron chi connectivity index (χ4n) is 19.4. The van der Waals surface area contributed by atoms with Crippen LogP contribution in [0, 0.1) is 0 Å². The van der Waals surface area contributed by atoms with Gasteiger partial charge in [0, 0.05) is 36.4 Å². The topological polar surface area (TPSA) is 83.1 Å². The predicted molar refractivity (Wildman–Crippen MR) is 598 cm³/mol. The Kier molecular flexibility index (Phi) is 92.8. The van der Waals surface area contributed by atoms with Crippen molar-refractivity contribution in [1.29, 1.82) is 0 Å². The number of rotatable bonds is 111. The number of hydrogen-bond acceptors (Lipinski definition) is 9. The molecule has 0 fully saturated rings. The molecule has 0 bridgehead atoms. The minimum atomic E-state index is -1.16. The van der Waals surface area contributed by atoms with Crippen LogP contribution in [0.5, 0.6) is 51.7 Å². The predicted octanol–water partition coefficient (Wildman–Crippen LogP) is 43.5. The van der Waals surface area contributed by atoms with Gasteiger partial charge in [0.2, 0.25) is 0 Å². The van der Waals surface area contributed by atoms with Crippen LogP contribution in [-0.4, -0.2) is 59.5 Å². The molecule has 0 saturated carbocycles. The van der Waals surface area contributed by atoms with Gasteiger partial charge in [0.05, 0.1) is 59.5 Å². The Hall–Kier alpha value is -3.79. The highest BCUT2D eigenvalue weighted by atomic mass is 32.2. The van der Waals surface area contributed by atoms with Gasteiger partial charge in [-0.05, 0) is 57.8 Å². The fraction of sp³-hybridized carbons (Fsp3) is 0.857. The summed E-state index contributed by atoms with van der Waals surface area (Å²) >= 11 is 0. The summed E-state index contributed by atoms with van der Waals surface area (Å²) in [6.07, 6.45) is 114. The lowest BCUT2D eigenvalue weighted by molar-refractivity contribution is 0.261. The van der Waals surface area contributed by atoms with Crippen LogP contribution in [0.25, 0.3) is 0 Å². The van der Waals surface area contributed by atoms with Gasteiger partial charge in [-0.1, -0.05) is 582 Å². The van der Waals surface area contributed by atoms with Crippen molar-refractivity contribution in [2.75, 3.05) is 59.5 Å². The molecule has 0 atom stereocenters. The van der Waals surface area contributed by atoms with Crippen molar-refractivity contribution in [1.82, 2.24) is 0 Å². The first-order valence-electron chi connectivity index (χ1n) is 61.4. The van der Waals surface area contributed by atoms with Crippen LogP contribution in [-0.2, 0) is 10.9 Å².